The van der Waals surface area contributed by atoms with Gasteiger partial charge in [0, 0.05) is 23.3 Å². The first-order chi connectivity index (χ1) is 24.7. The molecule has 18 nitrogen and oxygen atoms in total. The Kier molecular flexibility index (Phi) is 15.6. The molecule has 0 aromatic carbocycles. The summed E-state index contributed by atoms with van der Waals surface area (Å²) in [6, 6.07) is 0. The van der Waals surface area contributed by atoms with Gasteiger partial charge in [0.2, 0.25) is 0 Å². The number of unbranched alkanes of at least 4 members (excludes halogenated alkanes) is 1. The maximum absolute atomic E-state index is 13.2. The minimum atomic E-state index is -1.48. The monoisotopic (exact) mass is 750 g/mol. The Labute approximate surface area is 305 Å². The molecule has 2 heterocycles. The van der Waals surface area contributed by atoms with Crippen LogP contribution in [0.5, 0.6) is 0 Å². The molecule has 2 aliphatic rings. The number of hydrogen-bond acceptors (Lipinski definition) is 14. The van der Waals surface area contributed by atoms with Gasteiger partial charge in [0.25, 0.3) is 23.6 Å². The number of carboxylic acids is 2. The molecule has 0 bridgehead atoms. The van der Waals surface area contributed by atoms with Crippen LogP contribution in [0.2, 0.25) is 0 Å². The maximum atomic E-state index is 13.2. The lowest BCUT2D eigenvalue weighted by Gasteiger charge is -2.28. The van der Waals surface area contributed by atoms with Crippen LogP contribution in [0.3, 0.4) is 0 Å². The van der Waals surface area contributed by atoms with Gasteiger partial charge in [0.05, 0.1) is 35.9 Å². The Balaban J connectivity index is 2.11. The Morgan fingerprint density at radius 1 is 0.604 bits per heavy atom. The van der Waals surface area contributed by atoms with Gasteiger partial charge < -0.3 is 29.2 Å². The first-order valence-electron chi connectivity index (χ1n) is 16.9. The second-order valence-electron chi connectivity index (χ2n) is 13.7. The predicted molar refractivity (Wildman–Crippen MR) is 178 cm³/mol. The molecule has 2 unspecified atom stereocenters. The van der Waals surface area contributed by atoms with E-state index >= 15 is 0 Å². The van der Waals surface area contributed by atoms with Crippen LogP contribution in [0, 0.1) is 22.7 Å². The number of carbonyl (C=O) groups is 10. The summed E-state index contributed by atoms with van der Waals surface area (Å²) in [6.45, 7) is 6.40. The molecule has 0 saturated heterocycles. The molecule has 2 N–H and O–H groups in total. The molecular weight excluding hydrogens is 704 g/mol. The van der Waals surface area contributed by atoms with E-state index in [0.717, 1.165) is 12.2 Å². The highest BCUT2D eigenvalue weighted by atomic mass is 16.6. The molecule has 0 saturated carbocycles. The molecule has 0 aromatic rings. The summed E-state index contributed by atoms with van der Waals surface area (Å²) in [5.74, 6) is -13.2. The lowest BCUT2D eigenvalue weighted by atomic mass is 9.79. The second kappa shape index (κ2) is 18.9. The zero-order chi connectivity index (χ0) is 40.3. The van der Waals surface area contributed by atoms with E-state index in [-0.39, 0.29) is 37.2 Å². The fourth-order valence-electron chi connectivity index (χ4n) is 5.33. The van der Waals surface area contributed by atoms with E-state index in [4.69, 9.17) is 29.2 Å². The van der Waals surface area contributed by atoms with Crippen molar-refractivity contribution in [3.8, 4) is 0 Å². The van der Waals surface area contributed by atoms with Gasteiger partial charge >= 0.3 is 35.8 Å². The molecule has 0 radical (unpaired) electrons. The van der Waals surface area contributed by atoms with Crippen molar-refractivity contribution in [2.45, 2.75) is 73.6 Å². The largest absolute Gasteiger partial charge is 0.480 e. The molecule has 292 valence electrons. The summed E-state index contributed by atoms with van der Waals surface area (Å²) >= 11 is 0. The minimum Gasteiger partial charge on any atom is -0.480 e. The van der Waals surface area contributed by atoms with E-state index in [9.17, 15) is 47.9 Å². The topological polar surface area (TPSA) is 255 Å². The summed E-state index contributed by atoms with van der Waals surface area (Å²) in [5.41, 5.74) is -3.64. The van der Waals surface area contributed by atoms with Crippen molar-refractivity contribution in [1.82, 2.24) is 9.80 Å². The molecule has 0 aromatic heterocycles. The van der Waals surface area contributed by atoms with Gasteiger partial charge in [0.1, 0.15) is 26.3 Å². The van der Waals surface area contributed by atoms with E-state index in [1.54, 1.807) is 6.92 Å². The van der Waals surface area contributed by atoms with Crippen molar-refractivity contribution in [3.05, 3.63) is 23.3 Å². The molecule has 0 aliphatic carbocycles. The third-order valence-corrected chi connectivity index (χ3v) is 8.26. The van der Waals surface area contributed by atoms with Crippen LogP contribution in [-0.2, 0) is 66.9 Å². The Hall–Kier alpha value is -5.42. The zero-order valence-corrected chi connectivity index (χ0v) is 30.6. The minimum absolute atomic E-state index is 0.00253. The van der Waals surface area contributed by atoms with Gasteiger partial charge in [-0.2, -0.15) is 0 Å². The summed E-state index contributed by atoms with van der Waals surface area (Å²) in [6.07, 6.45) is 2.56. The Morgan fingerprint density at radius 3 is 1.32 bits per heavy atom. The van der Waals surface area contributed by atoms with Gasteiger partial charge in [-0.3, -0.25) is 57.7 Å². The van der Waals surface area contributed by atoms with Crippen molar-refractivity contribution in [3.63, 3.8) is 0 Å². The molecule has 2 rings (SSSR count). The number of carboxylic acid groups (broad SMARTS) is 2. The first-order valence-corrected chi connectivity index (χ1v) is 16.9. The number of ether oxygens (including phenoxy) is 4. The number of imide groups is 2. The highest BCUT2D eigenvalue weighted by molar-refractivity contribution is 6.20. The van der Waals surface area contributed by atoms with Crippen molar-refractivity contribution in [2.75, 3.05) is 39.5 Å². The van der Waals surface area contributed by atoms with Crippen molar-refractivity contribution in [2.24, 2.45) is 22.7 Å². The van der Waals surface area contributed by atoms with E-state index in [0.29, 0.717) is 29.1 Å². The van der Waals surface area contributed by atoms with Gasteiger partial charge in [-0.25, -0.2) is 0 Å². The molecule has 2 atom stereocenters. The van der Waals surface area contributed by atoms with Crippen LogP contribution in [-0.4, -0.2) is 119 Å². The average molecular weight is 751 g/mol. The zero-order valence-electron chi connectivity index (χ0n) is 30.6. The van der Waals surface area contributed by atoms with E-state index in [2.05, 4.69) is 0 Å². The summed E-state index contributed by atoms with van der Waals surface area (Å²) in [4.78, 5) is 126. The van der Waals surface area contributed by atoms with Crippen molar-refractivity contribution >= 4 is 59.4 Å². The molecule has 53 heavy (non-hydrogen) atoms. The van der Waals surface area contributed by atoms with Gasteiger partial charge in [0.15, 0.2) is 0 Å². The number of rotatable bonds is 22. The Bertz CT molecular complexity index is 1570. The van der Waals surface area contributed by atoms with Crippen LogP contribution in [0.4, 0.5) is 0 Å². The van der Waals surface area contributed by atoms with Gasteiger partial charge in [-0.05, 0) is 53.4 Å². The lowest BCUT2D eigenvalue weighted by molar-refractivity contribution is -0.165. The normalized spacial score (nSPS) is 15.8. The first kappa shape index (κ1) is 43.7. The Morgan fingerprint density at radius 2 is 0.981 bits per heavy atom. The summed E-state index contributed by atoms with van der Waals surface area (Å²) in [5, 5.41) is 18.2. The fraction of sp³-hybridized carbons (Fsp3) is 0.600. The predicted octanol–water partition coefficient (Wildman–Crippen LogP) is 1.19. The molecule has 2 aliphatic heterocycles. The third-order valence-electron chi connectivity index (χ3n) is 8.26. The van der Waals surface area contributed by atoms with Crippen LogP contribution in [0.1, 0.15) is 73.6 Å². The average Bonchev–Trinajstić information content (AvgIpc) is 3.50. The molecule has 18 heteroatoms. The highest BCUT2D eigenvalue weighted by Crippen LogP contribution is 2.36. The van der Waals surface area contributed by atoms with E-state index in [1.165, 1.54) is 27.7 Å². The highest BCUT2D eigenvalue weighted by Gasteiger charge is 2.46. The number of hydrogen-bond donors (Lipinski definition) is 2. The molecule has 0 fully saturated rings. The van der Waals surface area contributed by atoms with Crippen molar-refractivity contribution in [1.29, 1.82) is 0 Å². The number of aliphatic carboxylic acids is 2. The fourth-order valence-corrected chi connectivity index (χ4v) is 5.33. The second-order valence-corrected chi connectivity index (χ2v) is 13.7. The quantitative estimate of drug-likeness (QED) is 0.0682. The molecular formula is C35H46N2O16. The molecule has 4 amide bonds. The van der Waals surface area contributed by atoms with E-state index in [1.807, 2.05) is 6.92 Å². The summed E-state index contributed by atoms with van der Waals surface area (Å²) in [7, 11) is 0. The van der Waals surface area contributed by atoms with E-state index < -0.39 is 108 Å². The number of amides is 4. The third kappa shape index (κ3) is 11.8. The smallest absolute Gasteiger partial charge is 0.323 e. The van der Waals surface area contributed by atoms with Gasteiger partial charge in [-0.15, -0.1) is 0 Å². The van der Waals surface area contributed by atoms with Gasteiger partial charge in [-0.1, -0.05) is 20.3 Å². The standard InChI is InChI=1S/C35H46N2O16/c1-7-9-11-51-31(47)23(21-15-25(39)37(29(21)45)19-27(42)43)17-35(5,6)33(49)53-13-12-52-32(48)34(3,4)16-22(30(46)50-10-8-2)20-14-24(38)36(28(20)44)18-26(40)41/h14-15,22-23H,7-13,16-19H2,1-6H3,(H,40,41)(H,42,43). The summed E-state index contributed by atoms with van der Waals surface area (Å²) < 4.78 is 21.1. The number of carbonyl (C=O) groups excluding carboxylic acids is 8. The van der Waals surface area contributed by atoms with Crippen molar-refractivity contribution < 1.29 is 77.1 Å². The maximum Gasteiger partial charge on any atom is 0.323 e. The van der Waals surface area contributed by atoms with Crippen LogP contribution < -0.4 is 0 Å². The van der Waals surface area contributed by atoms with Crippen LogP contribution >= 0.6 is 0 Å². The van der Waals surface area contributed by atoms with Crippen LogP contribution in [0.15, 0.2) is 23.3 Å². The van der Waals surface area contributed by atoms with Crippen LogP contribution in [0.25, 0.3) is 0 Å². The molecule has 0 spiro atoms. The number of esters is 4. The number of nitrogens with zero attached hydrogens (tertiary/aromatic N) is 2. The SMILES string of the molecule is CCCCOC(=O)C(CC(C)(C)C(=O)OCCOC(=O)C(C)(C)CC(C(=O)OCCC)C1=CC(=O)N(CC(=O)O)C1=O)C1=CC(=O)N(CC(=O)O)C1=O. The lowest BCUT2D eigenvalue weighted by Crippen LogP contribution is -2.39.